The first-order chi connectivity index (χ1) is 13.2. The number of benzene rings is 1. The van der Waals surface area contributed by atoms with E-state index in [0.717, 1.165) is 5.75 Å². The van der Waals surface area contributed by atoms with Gasteiger partial charge >= 0.3 is 0 Å². The fourth-order valence-electron chi connectivity index (χ4n) is 2.95. The second-order valence-corrected chi connectivity index (χ2v) is 6.15. The Hall–Kier alpha value is -3.29. The molecule has 1 aromatic carbocycles. The third kappa shape index (κ3) is 3.79. The average Bonchev–Trinajstić information content (AvgIpc) is 3.17. The summed E-state index contributed by atoms with van der Waals surface area (Å²) in [5.74, 6) is 1.35. The highest BCUT2D eigenvalue weighted by Crippen LogP contribution is 2.21. The van der Waals surface area contributed by atoms with Gasteiger partial charge in [0, 0.05) is 32.4 Å². The Morgan fingerprint density at radius 1 is 1.11 bits per heavy atom. The second kappa shape index (κ2) is 7.53. The van der Waals surface area contributed by atoms with Crippen LogP contribution in [-0.4, -0.2) is 60.7 Å². The largest absolute Gasteiger partial charge is 0.497 e. The highest BCUT2D eigenvalue weighted by molar-refractivity contribution is 5.78. The Morgan fingerprint density at radius 2 is 1.85 bits per heavy atom. The second-order valence-electron chi connectivity index (χ2n) is 6.15. The van der Waals surface area contributed by atoms with Crippen LogP contribution in [0.15, 0.2) is 47.0 Å². The highest BCUT2D eigenvalue weighted by Gasteiger charge is 2.24. The van der Waals surface area contributed by atoms with Crippen LogP contribution in [0.1, 0.15) is 0 Å². The third-order valence-electron chi connectivity index (χ3n) is 4.48. The SMILES string of the molecule is COc1ccc(OCC(=O)N2CCN(c3nc4ncccc4o3)CC2)cc1. The molecule has 1 amide bonds. The van der Waals surface area contributed by atoms with Crippen LogP contribution in [0.2, 0.25) is 0 Å². The van der Waals surface area contributed by atoms with Crippen molar-refractivity contribution in [1.29, 1.82) is 0 Å². The molecule has 8 heteroatoms. The van der Waals surface area contributed by atoms with Crippen molar-refractivity contribution in [3.05, 3.63) is 42.6 Å². The molecular weight excluding hydrogens is 348 g/mol. The topological polar surface area (TPSA) is 80.9 Å². The van der Waals surface area contributed by atoms with Crippen LogP contribution in [0.25, 0.3) is 11.2 Å². The molecule has 0 atom stereocenters. The summed E-state index contributed by atoms with van der Waals surface area (Å²) >= 11 is 0. The van der Waals surface area contributed by atoms with Crippen molar-refractivity contribution in [1.82, 2.24) is 14.9 Å². The lowest BCUT2D eigenvalue weighted by Gasteiger charge is -2.33. The number of pyridine rings is 1. The molecule has 8 nitrogen and oxygen atoms in total. The number of nitrogens with zero attached hydrogens (tertiary/aromatic N) is 4. The maximum Gasteiger partial charge on any atom is 0.300 e. The molecule has 1 saturated heterocycles. The summed E-state index contributed by atoms with van der Waals surface area (Å²) in [6.45, 7) is 2.51. The molecule has 1 fully saturated rings. The van der Waals surface area contributed by atoms with Crippen molar-refractivity contribution < 1.29 is 18.7 Å². The zero-order valence-corrected chi connectivity index (χ0v) is 15.0. The summed E-state index contributed by atoms with van der Waals surface area (Å²) in [6, 6.07) is 11.4. The number of oxazole rings is 1. The van der Waals surface area contributed by atoms with E-state index in [9.17, 15) is 4.79 Å². The molecule has 140 valence electrons. The summed E-state index contributed by atoms with van der Waals surface area (Å²) in [6.07, 6.45) is 1.69. The first-order valence-electron chi connectivity index (χ1n) is 8.74. The van der Waals surface area contributed by atoms with E-state index in [4.69, 9.17) is 13.9 Å². The Bertz CT molecular complexity index is 884. The van der Waals surface area contributed by atoms with Crippen molar-refractivity contribution in [2.45, 2.75) is 0 Å². The van der Waals surface area contributed by atoms with E-state index in [0.29, 0.717) is 49.2 Å². The maximum absolute atomic E-state index is 12.4. The molecule has 4 rings (SSSR count). The minimum Gasteiger partial charge on any atom is -0.497 e. The van der Waals surface area contributed by atoms with Gasteiger partial charge in [-0.15, -0.1) is 0 Å². The summed E-state index contributed by atoms with van der Waals surface area (Å²) in [5.41, 5.74) is 1.26. The van der Waals surface area contributed by atoms with E-state index in [1.165, 1.54) is 0 Å². The van der Waals surface area contributed by atoms with Crippen LogP contribution in [0.5, 0.6) is 11.5 Å². The molecule has 3 heterocycles. The Labute approximate surface area is 156 Å². The number of amides is 1. The van der Waals surface area contributed by atoms with Gasteiger partial charge in [0.2, 0.25) is 5.65 Å². The van der Waals surface area contributed by atoms with Gasteiger partial charge in [-0.25, -0.2) is 4.98 Å². The first kappa shape index (κ1) is 17.1. The predicted octanol–water partition coefficient (Wildman–Crippen LogP) is 1.96. The molecule has 0 unspecified atom stereocenters. The van der Waals surface area contributed by atoms with Crippen molar-refractivity contribution in [2.24, 2.45) is 0 Å². The third-order valence-corrected chi connectivity index (χ3v) is 4.48. The van der Waals surface area contributed by atoms with Gasteiger partial charge in [-0.3, -0.25) is 4.79 Å². The lowest BCUT2D eigenvalue weighted by atomic mass is 10.3. The number of rotatable bonds is 5. The molecule has 0 saturated carbocycles. The molecule has 0 radical (unpaired) electrons. The van der Waals surface area contributed by atoms with Crippen LogP contribution >= 0.6 is 0 Å². The lowest BCUT2D eigenvalue weighted by Crippen LogP contribution is -2.50. The van der Waals surface area contributed by atoms with Crippen molar-refractivity contribution >= 4 is 23.2 Å². The maximum atomic E-state index is 12.4. The van der Waals surface area contributed by atoms with E-state index < -0.39 is 0 Å². The van der Waals surface area contributed by atoms with Gasteiger partial charge in [0.1, 0.15) is 11.5 Å². The minimum atomic E-state index is -0.0373. The molecule has 0 aliphatic carbocycles. The van der Waals surface area contributed by atoms with Gasteiger partial charge in [0.15, 0.2) is 12.2 Å². The fourth-order valence-corrected chi connectivity index (χ4v) is 2.95. The number of anilines is 1. The molecule has 0 N–H and O–H groups in total. The van der Waals surface area contributed by atoms with Crippen LogP contribution < -0.4 is 14.4 Å². The van der Waals surface area contributed by atoms with Crippen LogP contribution in [0.4, 0.5) is 6.01 Å². The summed E-state index contributed by atoms with van der Waals surface area (Å²) in [7, 11) is 1.61. The van der Waals surface area contributed by atoms with Gasteiger partial charge < -0.3 is 23.7 Å². The Morgan fingerprint density at radius 3 is 2.56 bits per heavy atom. The smallest absolute Gasteiger partial charge is 0.300 e. The lowest BCUT2D eigenvalue weighted by molar-refractivity contribution is -0.133. The standard InChI is InChI=1S/C19H20N4O4/c1-25-14-4-6-15(7-5-14)26-13-17(24)22-9-11-23(12-10-22)19-21-18-16(27-19)3-2-8-20-18/h2-8H,9-13H2,1H3. The zero-order valence-electron chi connectivity index (χ0n) is 15.0. The van der Waals surface area contributed by atoms with Gasteiger partial charge in [0.05, 0.1) is 7.11 Å². The highest BCUT2D eigenvalue weighted by atomic mass is 16.5. The number of hydrogen-bond donors (Lipinski definition) is 0. The van der Waals surface area contributed by atoms with Crippen LogP contribution in [-0.2, 0) is 4.79 Å². The monoisotopic (exact) mass is 368 g/mol. The molecule has 2 aromatic heterocycles. The van der Waals surface area contributed by atoms with Gasteiger partial charge in [-0.2, -0.15) is 4.98 Å². The molecule has 0 bridgehead atoms. The Kier molecular flexibility index (Phi) is 4.78. The van der Waals surface area contributed by atoms with E-state index >= 15 is 0 Å². The quantitative estimate of drug-likeness (QED) is 0.681. The van der Waals surface area contributed by atoms with Crippen molar-refractivity contribution in [3.63, 3.8) is 0 Å². The average molecular weight is 368 g/mol. The van der Waals surface area contributed by atoms with E-state index in [-0.39, 0.29) is 12.5 Å². The van der Waals surface area contributed by atoms with Gasteiger partial charge in [-0.1, -0.05) is 0 Å². The molecule has 0 spiro atoms. The van der Waals surface area contributed by atoms with E-state index in [1.54, 1.807) is 42.5 Å². The number of methoxy groups -OCH3 is 1. The molecule has 27 heavy (non-hydrogen) atoms. The van der Waals surface area contributed by atoms with Gasteiger partial charge in [-0.05, 0) is 36.4 Å². The number of hydrogen-bond acceptors (Lipinski definition) is 7. The summed E-state index contributed by atoms with van der Waals surface area (Å²) in [4.78, 5) is 24.8. The summed E-state index contributed by atoms with van der Waals surface area (Å²) in [5, 5.41) is 0. The van der Waals surface area contributed by atoms with Gasteiger partial charge in [0.25, 0.3) is 11.9 Å². The Balaban J connectivity index is 1.29. The number of piperazine rings is 1. The molecule has 1 aliphatic heterocycles. The molecular formula is C19H20N4O4. The summed E-state index contributed by atoms with van der Waals surface area (Å²) < 4.78 is 16.4. The van der Waals surface area contributed by atoms with Crippen molar-refractivity contribution in [3.8, 4) is 11.5 Å². The molecule has 3 aromatic rings. The fraction of sp³-hybridized carbons (Fsp3) is 0.316. The van der Waals surface area contributed by atoms with E-state index in [2.05, 4.69) is 9.97 Å². The van der Waals surface area contributed by atoms with E-state index in [1.807, 2.05) is 17.0 Å². The van der Waals surface area contributed by atoms with Crippen molar-refractivity contribution in [2.75, 3.05) is 44.8 Å². The van der Waals surface area contributed by atoms with Crippen LogP contribution in [0, 0.1) is 0 Å². The number of carbonyl (C=O) groups excluding carboxylic acids is 1. The normalized spacial score (nSPS) is 14.4. The number of ether oxygens (including phenoxy) is 2. The number of fused-ring (bicyclic) bond motifs is 1. The van der Waals surface area contributed by atoms with Crippen LogP contribution in [0.3, 0.4) is 0 Å². The number of carbonyl (C=O) groups is 1. The first-order valence-corrected chi connectivity index (χ1v) is 8.74. The zero-order chi connectivity index (χ0) is 18.6. The minimum absolute atomic E-state index is 0.0130. The molecule has 1 aliphatic rings. The predicted molar refractivity (Wildman–Crippen MR) is 99.1 cm³/mol. The number of aromatic nitrogens is 2.